The van der Waals surface area contributed by atoms with Gasteiger partial charge >= 0.3 is 0 Å². The van der Waals surface area contributed by atoms with Gasteiger partial charge in [0.2, 0.25) is 0 Å². The van der Waals surface area contributed by atoms with E-state index in [0.717, 1.165) is 30.8 Å². The SMILES string of the molecule is CCCNCc1cc(COc2cccc(C)c2F)oc1C. The fraction of sp³-hybridized carbons (Fsp3) is 0.412. The van der Waals surface area contributed by atoms with E-state index in [2.05, 4.69) is 12.2 Å². The van der Waals surface area contributed by atoms with Crippen LogP contribution in [0.3, 0.4) is 0 Å². The zero-order chi connectivity index (χ0) is 15.2. The average molecular weight is 291 g/mol. The molecule has 1 heterocycles. The molecular formula is C17H22FNO2. The minimum atomic E-state index is -0.314. The van der Waals surface area contributed by atoms with E-state index < -0.39 is 0 Å². The van der Waals surface area contributed by atoms with Crippen molar-refractivity contribution in [3.8, 4) is 5.75 Å². The Labute approximate surface area is 125 Å². The molecule has 0 amide bonds. The second kappa shape index (κ2) is 7.27. The number of halogens is 1. The molecule has 0 saturated heterocycles. The zero-order valence-corrected chi connectivity index (χ0v) is 12.8. The first kappa shape index (κ1) is 15.6. The summed E-state index contributed by atoms with van der Waals surface area (Å²) in [7, 11) is 0. The molecule has 2 rings (SSSR count). The Bertz CT molecular complexity index is 592. The zero-order valence-electron chi connectivity index (χ0n) is 12.8. The number of hydrogen-bond acceptors (Lipinski definition) is 3. The average Bonchev–Trinajstić information content (AvgIpc) is 2.81. The van der Waals surface area contributed by atoms with Crippen molar-refractivity contribution in [3.05, 3.63) is 52.7 Å². The first-order chi connectivity index (χ1) is 10.1. The highest BCUT2D eigenvalue weighted by molar-refractivity contribution is 5.30. The summed E-state index contributed by atoms with van der Waals surface area (Å²) in [6.07, 6.45) is 1.10. The smallest absolute Gasteiger partial charge is 0.167 e. The van der Waals surface area contributed by atoms with Gasteiger partial charge in [0.15, 0.2) is 11.6 Å². The molecule has 0 unspecified atom stereocenters. The van der Waals surface area contributed by atoms with Crippen LogP contribution in [0.1, 0.15) is 36.0 Å². The van der Waals surface area contributed by atoms with E-state index in [0.29, 0.717) is 11.3 Å². The second-order valence-electron chi connectivity index (χ2n) is 5.15. The predicted octanol–water partition coefficient (Wildman–Crippen LogP) is 4.11. The summed E-state index contributed by atoms with van der Waals surface area (Å²) >= 11 is 0. The van der Waals surface area contributed by atoms with Gasteiger partial charge in [-0.2, -0.15) is 0 Å². The second-order valence-corrected chi connectivity index (χ2v) is 5.15. The van der Waals surface area contributed by atoms with Gasteiger partial charge in [0.25, 0.3) is 0 Å². The van der Waals surface area contributed by atoms with Crippen LogP contribution in [0, 0.1) is 19.7 Å². The van der Waals surface area contributed by atoms with Crippen molar-refractivity contribution in [1.82, 2.24) is 5.32 Å². The van der Waals surface area contributed by atoms with Gasteiger partial charge in [0.05, 0.1) is 0 Å². The van der Waals surface area contributed by atoms with Crippen molar-refractivity contribution < 1.29 is 13.5 Å². The van der Waals surface area contributed by atoms with Gasteiger partial charge < -0.3 is 14.5 Å². The minimum absolute atomic E-state index is 0.231. The van der Waals surface area contributed by atoms with Gasteiger partial charge in [-0.1, -0.05) is 19.1 Å². The third-order valence-corrected chi connectivity index (χ3v) is 3.34. The van der Waals surface area contributed by atoms with Crippen LogP contribution in [0.15, 0.2) is 28.7 Å². The van der Waals surface area contributed by atoms with Crippen molar-refractivity contribution in [2.45, 2.75) is 40.3 Å². The normalized spacial score (nSPS) is 10.9. The van der Waals surface area contributed by atoms with E-state index in [-0.39, 0.29) is 18.2 Å². The summed E-state index contributed by atoms with van der Waals surface area (Å²) < 4.78 is 25.0. The van der Waals surface area contributed by atoms with Crippen LogP contribution >= 0.6 is 0 Å². The molecule has 0 atom stereocenters. The van der Waals surface area contributed by atoms with Crippen LogP contribution in [0.4, 0.5) is 4.39 Å². The molecule has 0 aliphatic heterocycles. The Hall–Kier alpha value is -1.81. The largest absolute Gasteiger partial charge is 0.483 e. The maximum atomic E-state index is 13.8. The maximum absolute atomic E-state index is 13.8. The molecule has 114 valence electrons. The molecule has 1 aromatic carbocycles. The Kier molecular flexibility index (Phi) is 5.39. The van der Waals surface area contributed by atoms with E-state index >= 15 is 0 Å². The standard InChI is InChI=1S/C17H22FNO2/c1-4-8-19-10-14-9-15(21-13(14)3)11-20-16-7-5-6-12(2)17(16)18/h5-7,9,19H,4,8,10-11H2,1-3H3. The molecule has 0 aliphatic carbocycles. The topological polar surface area (TPSA) is 34.4 Å². The molecule has 0 fully saturated rings. The molecule has 21 heavy (non-hydrogen) atoms. The highest BCUT2D eigenvalue weighted by Gasteiger charge is 2.10. The number of ether oxygens (including phenoxy) is 1. The fourth-order valence-corrected chi connectivity index (χ4v) is 2.11. The first-order valence-electron chi connectivity index (χ1n) is 7.28. The summed E-state index contributed by atoms with van der Waals surface area (Å²) in [5.74, 6) is 1.53. The Morgan fingerprint density at radius 3 is 2.86 bits per heavy atom. The van der Waals surface area contributed by atoms with Crippen LogP contribution in [-0.2, 0) is 13.2 Å². The molecular weight excluding hydrogens is 269 g/mol. The van der Waals surface area contributed by atoms with E-state index in [4.69, 9.17) is 9.15 Å². The van der Waals surface area contributed by atoms with E-state index in [1.54, 1.807) is 25.1 Å². The minimum Gasteiger partial charge on any atom is -0.483 e. The van der Waals surface area contributed by atoms with Crippen molar-refractivity contribution in [2.75, 3.05) is 6.54 Å². The predicted molar refractivity (Wildman–Crippen MR) is 80.9 cm³/mol. The van der Waals surface area contributed by atoms with Gasteiger partial charge in [-0.05, 0) is 44.5 Å². The lowest BCUT2D eigenvalue weighted by atomic mass is 10.2. The van der Waals surface area contributed by atoms with Crippen LogP contribution in [-0.4, -0.2) is 6.54 Å². The van der Waals surface area contributed by atoms with Gasteiger partial charge in [0.1, 0.15) is 18.1 Å². The number of nitrogens with one attached hydrogen (secondary N) is 1. The van der Waals surface area contributed by atoms with Crippen LogP contribution in [0.25, 0.3) is 0 Å². The van der Waals surface area contributed by atoms with Crippen LogP contribution in [0.2, 0.25) is 0 Å². The lowest BCUT2D eigenvalue weighted by Gasteiger charge is -2.06. The van der Waals surface area contributed by atoms with Crippen LogP contribution in [0.5, 0.6) is 5.75 Å². The Balaban J connectivity index is 1.97. The third-order valence-electron chi connectivity index (χ3n) is 3.34. The fourth-order valence-electron chi connectivity index (χ4n) is 2.11. The van der Waals surface area contributed by atoms with Gasteiger partial charge in [-0.25, -0.2) is 4.39 Å². The maximum Gasteiger partial charge on any atom is 0.167 e. The summed E-state index contributed by atoms with van der Waals surface area (Å²) in [5.41, 5.74) is 1.69. The molecule has 0 spiro atoms. The highest BCUT2D eigenvalue weighted by Crippen LogP contribution is 2.22. The summed E-state index contributed by atoms with van der Waals surface area (Å²) in [6, 6.07) is 7.09. The third kappa shape index (κ3) is 4.08. The van der Waals surface area contributed by atoms with Gasteiger partial charge in [-0.3, -0.25) is 0 Å². The quantitative estimate of drug-likeness (QED) is 0.779. The van der Waals surface area contributed by atoms with Crippen LogP contribution < -0.4 is 10.1 Å². The lowest BCUT2D eigenvalue weighted by molar-refractivity contribution is 0.256. The summed E-state index contributed by atoms with van der Waals surface area (Å²) in [6.45, 7) is 7.77. The number of aryl methyl sites for hydroxylation is 2. The van der Waals surface area contributed by atoms with Gasteiger partial charge in [0, 0.05) is 12.1 Å². The Morgan fingerprint density at radius 2 is 2.10 bits per heavy atom. The number of hydrogen-bond donors (Lipinski definition) is 1. The molecule has 0 saturated carbocycles. The van der Waals surface area contributed by atoms with Crippen molar-refractivity contribution in [3.63, 3.8) is 0 Å². The van der Waals surface area contributed by atoms with Gasteiger partial charge in [-0.15, -0.1) is 0 Å². The van der Waals surface area contributed by atoms with Crippen molar-refractivity contribution >= 4 is 0 Å². The number of benzene rings is 1. The van der Waals surface area contributed by atoms with E-state index in [9.17, 15) is 4.39 Å². The van der Waals surface area contributed by atoms with Crippen molar-refractivity contribution in [2.24, 2.45) is 0 Å². The molecule has 0 radical (unpaired) electrons. The summed E-state index contributed by atoms with van der Waals surface area (Å²) in [4.78, 5) is 0. The Morgan fingerprint density at radius 1 is 1.29 bits per heavy atom. The summed E-state index contributed by atoms with van der Waals surface area (Å²) in [5, 5.41) is 3.34. The van der Waals surface area contributed by atoms with E-state index in [1.165, 1.54) is 0 Å². The monoisotopic (exact) mass is 291 g/mol. The molecule has 0 bridgehead atoms. The highest BCUT2D eigenvalue weighted by atomic mass is 19.1. The molecule has 4 heteroatoms. The first-order valence-corrected chi connectivity index (χ1v) is 7.28. The number of furan rings is 1. The molecule has 3 nitrogen and oxygen atoms in total. The molecule has 1 aromatic heterocycles. The lowest BCUT2D eigenvalue weighted by Crippen LogP contribution is -2.13. The van der Waals surface area contributed by atoms with E-state index in [1.807, 2.05) is 13.0 Å². The molecule has 2 aromatic rings. The molecule has 0 aliphatic rings. The number of rotatable bonds is 7. The van der Waals surface area contributed by atoms with Crippen molar-refractivity contribution in [1.29, 1.82) is 0 Å². The molecule has 1 N–H and O–H groups in total.